The van der Waals surface area contributed by atoms with Gasteiger partial charge in [0.15, 0.2) is 0 Å². The summed E-state index contributed by atoms with van der Waals surface area (Å²) < 4.78 is 0. The van der Waals surface area contributed by atoms with Gasteiger partial charge in [0, 0.05) is 12.2 Å². The summed E-state index contributed by atoms with van der Waals surface area (Å²) in [7, 11) is 0. The number of fused-ring (bicyclic) bond motifs is 1. The predicted molar refractivity (Wildman–Crippen MR) is 65.2 cm³/mol. The summed E-state index contributed by atoms with van der Waals surface area (Å²) >= 11 is 0. The smallest absolute Gasteiger partial charge is 0.0605 e. The highest BCUT2D eigenvalue weighted by Gasteiger charge is 2.38. The van der Waals surface area contributed by atoms with Gasteiger partial charge in [0.25, 0.3) is 0 Å². The van der Waals surface area contributed by atoms with E-state index in [1.807, 2.05) is 6.20 Å². The Labute approximate surface area is 97.5 Å². The summed E-state index contributed by atoms with van der Waals surface area (Å²) in [4.78, 5) is 4.53. The monoisotopic (exact) mass is 216 g/mol. The zero-order valence-corrected chi connectivity index (χ0v) is 9.95. The second-order valence-electron chi connectivity index (χ2n) is 5.20. The van der Waals surface area contributed by atoms with Crippen molar-refractivity contribution in [3.8, 4) is 0 Å². The molecular weight excluding hydrogens is 196 g/mol. The molecule has 0 saturated heterocycles. The summed E-state index contributed by atoms with van der Waals surface area (Å²) in [6.07, 6.45) is 8.46. The van der Waals surface area contributed by atoms with Gasteiger partial charge in [-0.05, 0) is 43.2 Å². The molecule has 2 heteroatoms. The molecule has 2 nitrogen and oxygen atoms in total. The maximum Gasteiger partial charge on any atom is 0.0605 e. The molecule has 1 saturated carbocycles. The second kappa shape index (κ2) is 4.17. The molecule has 0 radical (unpaired) electrons. The van der Waals surface area contributed by atoms with Crippen molar-refractivity contribution < 1.29 is 0 Å². The Kier molecular flexibility index (Phi) is 2.68. The number of pyridine rings is 1. The normalized spacial score (nSPS) is 31.4. The van der Waals surface area contributed by atoms with Crippen LogP contribution < -0.4 is 5.32 Å². The number of nitrogens with one attached hydrogen (secondary N) is 1. The first-order valence-corrected chi connectivity index (χ1v) is 6.58. The van der Waals surface area contributed by atoms with Crippen LogP contribution in [0.15, 0.2) is 18.3 Å². The van der Waals surface area contributed by atoms with E-state index in [0.29, 0.717) is 6.04 Å². The van der Waals surface area contributed by atoms with Crippen LogP contribution in [0.4, 0.5) is 0 Å². The van der Waals surface area contributed by atoms with E-state index >= 15 is 0 Å². The van der Waals surface area contributed by atoms with Crippen molar-refractivity contribution in [2.24, 2.45) is 5.92 Å². The van der Waals surface area contributed by atoms with E-state index in [-0.39, 0.29) is 0 Å². The lowest BCUT2D eigenvalue weighted by atomic mass is 10.2. The van der Waals surface area contributed by atoms with Crippen molar-refractivity contribution in [3.05, 3.63) is 29.6 Å². The van der Waals surface area contributed by atoms with E-state index in [4.69, 9.17) is 0 Å². The number of aryl methyl sites for hydroxylation is 1. The summed E-state index contributed by atoms with van der Waals surface area (Å²) in [5.41, 5.74) is 2.76. The zero-order chi connectivity index (χ0) is 11.0. The largest absolute Gasteiger partial charge is 0.306 e. The van der Waals surface area contributed by atoms with Crippen molar-refractivity contribution in [3.63, 3.8) is 0 Å². The van der Waals surface area contributed by atoms with Crippen LogP contribution in [0, 0.1) is 5.92 Å². The first kappa shape index (κ1) is 10.3. The SMILES string of the molecule is CCCC1CC1NC1CCc2cccnc21. The molecule has 1 fully saturated rings. The molecule has 0 spiro atoms. The van der Waals surface area contributed by atoms with Crippen molar-refractivity contribution in [1.29, 1.82) is 0 Å². The van der Waals surface area contributed by atoms with E-state index in [9.17, 15) is 0 Å². The summed E-state index contributed by atoms with van der Waals surface area (Å²) in [6.45, 7) is 2.28. The molecule has 0 aliphatic heterocycles. The Morgan fingerprint density at radius 1 is 1.50 bits per heavy atom. The van der Waals surface area contributed by atoms with E-state index < -0.39 is 0 Å². The fourth-order valence-electron chi connectivity index (χ4n) is 2.97. The van der Waals surface area contributed by atoms with Gasteiger partial charge in [0.2, 0.25) is 0 Å². The lowest BCUT2D eigenvalue weighted by molar-refractivity contribution is 0.491. The Morgan fingerprint density at radius 3 is 3.31 bits per heavy atom. The van der Waals surface area contributed by atoms with Crippen LogP contribution in [0.1, 0.15) is 49.9 Å². The maximum atomic E-state index is 4.53. The molecule has 3 rings (SSSR count). The summed E-state index contributed by atoms with van der Waals surface area (Å²) in [5.74, 6) is 0.942. The van der Waals surface area contributed by atoms with E-state index in [1.165, 1.54) is 43.4 Å². The van der Waals surface area contributed by atoms with Crippen molar-refractivity contribution in [2.75, 3.05) is 0 Å². The zero-order valence-electron chi connectivity index (χ0n) is 9.95. The molecule has 1 aromatic heterocycles. The molecule has 16 heavy (non-hydrogen) atoms. The first-order chi connectivity index (χ1) is 7.88. The molecule has 3 atom stereocenters. The maximum absolute atomic E-state index is 4.53. The molecule has 0 amide bonds. The van der Waals surface area contributed by atoms with Gasteiger partial charge >= 0.3 is 0 Å². The van der Waals surface area contributed by atoms with Crippen LogP contribution >= 0.6 is 0 Å². The third-order valence-electron chi connectivity index (χ3n) is 3.96. The minimum absolute atomic E-state index is 0.531. The predicted octanol–water partition coefficient (Wildman–Crippen LogP) is 2.85. The van der Waals surface area contributed by atoms with Gasteiger partial charge in [-0.1, -0.05) is 19.4 Å². The van der Waals surface area contributed by atoms with Gasteiger partial charge in [-0.3, -0.25) is 4.98 Å². The molecule has 1 N–H and O–H groups in total. The first-order valence-electron chi connectivity index (χ1n) is 6.58. The van der Waals surface area contributed by atoms with Gasteiger partial charge < -0.3 is 5.32 Å². The third-order valence-corrected chi connectivity index (χ3v) is 3.96. The van der Waals surface area contributed by atoms with Gasteiger partial charge in [-0.2, -0.15) is 0 Å². The lowest BCUT2D eigenvalue weighted by Gasteiger charge is -2.12. The van der Waals surface area contributed by atoms with Crippen molar-refractivity contribution in [1.82, 2.24) is 10.3 Å². The van der Waals surface area contributed by atoms with E-state index in [1.54, 1.807) is 0 Å². The van der Waals surface area contributed by atoms with Crippen LogP contribution in [0.3, 0.4) is 0 Å². The highest BCUT2D eigenvalue weighted by Crippen LogP contribution is 2.38. The highest BCUT2D eigenvalue weighted by atomic mass is 15.0. The van der Waals surface area contributed by atoms with Crippen LogP contribution in [-0.4, -0.2) is 11.0 Å². The Morgan fingerprint density at radius 2 is 2.44 bits per heavy atom. The number of aromatic nitrogens is 1. The Bertz CT molecular complexity index is 375. The highest BCUT2D eigenvalue weighted by molar-refractivity contribution is 5.28. The van der Waals surface area contributed by atoms with E-state index in [2.05, 4.69) is 29.4 Å². The van der Waals surface area contributed by atoms with E-state index in [0.717, 1.165) is 12.0 Å². The Balaban J connectivity index is 1.62. The molecular formula is C14H20N2. The molecule has 2 aliphatic rings. The molecule has 0 bridgehead atoms. The van der Waals surface area contributed by atoms with Gasteiger partial charge in [-0.25, -0.2) is 0 Å². The van der Waals surface area contributed by atoms with Crippen LogP contribution in [0.5, 0.6) is 0 Å². The standard InChI is InChI=1S/C14H20N2/c1-2-4-11-9-13(11)16-12-7-6-10-5-3-8-15-14(10)12/h3,5,8,11-13,16H,2,4,6-7,9H2,1H3. The third kappa shape index (κ3) is 1.86. The van der Waals surface area contributed by atoms with Crippen LogP contribution in [0.2, 0.25) is 0 Å². The summed E-state index contributed by atoms with van der Waals surface area (Å²) in [5, 5.41) is 3.78. The van der Waals surface area contributed by atoms with Gasteiger partial charge in [0.1, 0.15) is 0 Å². The Hall–Kier alpha value is -0.890. The minimum atomic E-state index is 0.531. The van der Waals surface area contributed by atoms with Crippen molar-refractivity contribution in [2.45, 2.75) is 51.1 Å². The number of rotatable bonds is 4. The molecule has 2 aliphatic carbocycles. The molecule has 1 heterocycles. The fraction of sp³-hybridized carbons (Fsp3) is 0.643. The number of nitrogens with zero attached hydrogens (tertiary/aromatic N) is 1. The average Bonchev–Trinajstić information content (AvgIpc) is 2.89. The van der Waals surface area contributed by atoms with Gasteiger partial charge in [0.05, 0.1) is 11.7 Å². The summed E-state index contributed by atoms with van der Waals surface area (Å²) in [6, 6.07) is 5.58. The topological polar surface area (TPSA) is 24.9 Å². The lowest BCUT2D eigenvalue weighted by Crippen LogP contribution is -2.23. The number of hydrogen-bond donors (Lipinski definition) is 1. The van der Waals surface area contributed by atoms with Crippen LogP contribution in [0.25, 0.3) is 0 Å². The van der Waals surface area contributed by atoms with Crippen molar-refractivity contribution >= 4 is 0 Å². The number of hydrogen-bond acceptors (Lipinski definition) is 2. The molecule has 3 unspecified atom stereocenters. The minimum Gasteiger partial charge on any atom is -0.306 e. The molecule has 1 aromatic rings. The molecule has 86 valence electrons. The average molecular weight is 216 g/mol. The van der Waals surface area contributed by atoms with Crippen LogP contribution in [-0.2, 0) is 6.42 Å². The van der Waals surface area contributed by atoms with Gasteiger partial charge in [-0.15, -0.1) is 0 Å². The quantitative estimate of drug-likeness (QED) is 0.837. The molecule has 0 aromatic carbocycles. The second-order valence-corrected chi connectivity index (χ2v) is 5.20. The fourth-order valence-corrected chi connectivity index (χ4v) is 2.97.